The molecule has 0 aliphatic carbocycles. The molecule has 0 N–H and O–H groups in total. The first kappa shape index (κ1) is 18.3. The van der Waals surface area contributed by atoms with Gasteiger partial charge < -0.3 is 4.74 Å². The van der Waals surface area contributed by atoms with Crippen molar-refractivity contribution in [1.29, 1.82) is 0 Å². The Bertz CT molecular complexity index is 971. The zero-order valence-electron chi connectivity index (χ0n) is 14.5. The first-order valence-corrected chi connectivity index (χ1v) is 10.6. The Kier molecular flexibility index (Phi) is 4.84. The van der Waals surface area contributed by atoms with Crippen molar-refractivity contribution in [3.8, 4) is 0 Å². The van der Waals surface area contributed by atoms with Gasteiger partial charge in [0.2, 0.25) is 10.0 Å². The van der Waals surface area contributed by atoms with E-state index >= 15 is 0 Å². The number of carbonyl (C=O) groups excluding carboxylic acids is 1. The number of anilines is 1. The summed E-state index contributed by atoms with van der Waals surface area (Å²) in [5, 5.41) is 0.216. The third kappa shape index (κ3) is 3.31. The van der Waals surface area contributed by atoms with Gasteiger partial charge in [0.1, 0.15) is 11.5 Å². The third-order valence-corrected chi connectivity index (χ3v) is 7.44. The molecule has 2 aromatic rings. The van der Waals surface area contributed by atoms with Gasteiger partial charge in [-0.3, -0.25) is 4.90 Å². The maximum absolute atomic E-state index is 12.9. The Labute approximate surface area is 163 Å². The van der Waals surface area contributed by atoms with Crippen LogP contribution in [0.3, 0.4) is 0 Å². The molecule has 1 amide bonds. The second-order valence-electron chi connectivity index (χ2n) is 6.62. The van der Waals surface area contributed by atoms with Gasteiger partial charge in [0, 0.05) is 24.7 Å². The van der Waals surface area contributed by atoms with Gasteiger partial charge in [-0.25, -0.2) is 13.2 Å². The molecule has 2 aliphatic heterocycles. The molecule has 0 aromatic heterocycles. The topological polar surface area (TPSA) is 66.9 Å². The highest BCUT2D eigenvalue weighted by Crippen LogP contribution is 2.33. The number of amides is 1. The minimum atomic E-state index is -3.65. The number of para-hydroxylation sites is 1. The van der Waals surface area contributed by atoms with Crippen LogP contribution < -0.4 is 4.90 Å². The highest BCUT2D eigenvalue weighted by atomic mass is 35.5. The fourth-order valence-corrected chi connectivity index (χ4v) is 5.62. The molecule has 1 fully saturated rings. The van der Waals surface area contributed by atoms with Gasteiger partial charge in [-0.1, -0.05) is 41.9 Å². The monoisotopic (exact) mass is 406 g/mol. The molecule has 6 nitrogen and oxygen atoms in total. The fraction of sp³-hybridized carbons (Fsp3) is 0.316. The molecule has 2 aromatic carbocycles. The minimum absolute atomic E-state index is 0.100. The molecule has 0 radical (unpaired) electrons. The van der Waals surface area contributed by atoms with Gasteiger partial charge in [0.15, 0.2) is 0 Å². The molecular weight excluding hydrogens is 388 g/mol. The van der Waals surface area contributed by atoms with Crippen molar-refractivity contribution in [3.05, 3.63) is 59.1 Å². The Balaban J connectivity index is 1.53. The Hall–Kier alpha value is -2.09. The molecule has 8 heteroatoms. The summed E-state index contributed by atoms with van der Waals surface area (Å²) < 4.78 is 32.5. The second kappa shape index (κ2) is 7.14. The molecule has 1 saturated heterocycles. The zero-order chi connectivity index (χ0) is 19.0. The number of nitrogens with zero attached hydrogens (tertiary/aromatic N) is 2. The lowest BCUT2D eigenvalue weighted by atomic mass is 10.0. The van der Waals surface area contributed by atoms with Gasteiger partial charge in [-0.15, -0.1) is 0 Å². The Morgan fingerprint density at radius 3 is 2.41 bits per heavy atom. The summed E-state index contributed by atoms with van der Waals surface area (Å²) in [4.78, 5) is 14.1. The standard InChI is InChI=1S/C19H19ClN2O4S/c20-16-6-2-4-8-18(16)27(24,25)21-11-9-15(10-12-21)22-17-7-3-1-5-14(17)13-26-19(22)23/h1-8,15H,9-13H2. The number of fused-ring (bicyclic) bond motifs is 1. The van der Waals surface area contributed by atoms with Crippen molar-refractivity contribution in [2.45, 2.75) is 30.4 Å². The van der Waals surface area contributed by atoms with Gasteiger partial charge in [-0.2, -0.15) is 4.31 Å². The minimum Gasteiger partial charge on any atom is -0.444 e. The summed E-state index contributed by atoms with van der Waals surface area (Å²) in [5.41, 5.74) is 1.81. The Morgan fingerprint density at radius 2 is 1.67 bits per heavy atom. The van der Waals surface area contributed by atoms with Crippen LogP contribution in [0, 0.1) is 0 Å². The van der Waals surface area contributed by atoms with Crippen LogP contribution in [0.5, 0.6) is 0 Å². The molecular formula is C19H19ClN2O4S. The van der Waals surface area contributed by atoms with Crippen LogP contribution in [0.2, 0.25) is 5.02 Å². The summed E-state index contributed by atoms with van der Waals surface area (Å²) in [5.74, 6) is 0. The molecule has 0 saturated carbocycles. The van der Waals surface area contributed by atoms with Crippen LogP contribution in [0.1, 0.15) is 18.4 Å². The van der Waals surface area contributed by atoms with Crippen molar-refractivity contribution in [2.75, 3.05) is 18.0 Å². The predicted octanol–water partition coefficient (Wildman–Crippen LogP) is 3.65. The number of cyclic esters (lactones) is 1. The van der Waals surface area contributed by atoms with E-state index in [0.717, 1.165) is 11.3 Å². The second-order valence-corrected chi connectivity index (χ2v) is 8.93. The van der Waals surface area contributed by atoms with E-state index < -0.39 is 10.0 Å². The lowest BCUT2D eigenvalue weighted by Gasteiger charge is -2.39. The van der Waals surface area contributed by atoms with E-state index in [2.05, 4.69) is 0 Å². The van der Waals surface area contributed by atoms with E-state index in [4.69, 9.17) is 16.3 Å². The lowest BCUT2D eigenvalue weighted by Crippen LogP contribution is -2.50. The number of hydrogen-bond acceptors (Lipinski definition) is 4. The largest absolute Gasteiger partial charge is 0.444 e. The number of carbonyl (C=O) groups is 1. The number of halogens is 1. The molecule has 0 atom stereocenters. The summed E-state index contributed by atoms with van der Waals surface area (Å²) in [6.45, 7) is 0.916. The number of sulfonamides is 1. The van der Waals surface area contributed by atoms with Crippen LogP contribution in [-0.2, 0) is 21.4 Å². The number of piperidine rings is 1. The molecule has 2 heterocycles. The molecule has 0 unspecified atom stereocenters. The van der Waals surface area contributed by atoms with Gasteiger partial charge in [0.25, 0.3) is 0 Å². The first-order valence-electron chi connectivity index (χ1n) is 8.77. The predicted molar refractivity (Wildman–Crippen MR) is 102 cm³/mol. The molecule has 0 spiro atoms. The van der Waals surface area contributed by atoms with Crippen LogP contribution in [0.15, 0.2) is 53.4 Å². The first-order chi connectivity index (χ1) is 13.0. The zero-order valence-corrected chi connectivity index (χ0v) is 16.1. The van der Waals surface area contributed by atoms with Crippen LogP contribution in [0.4, 0.5) is 10.5 Å². The van der Waals surface area contributed by atoms with Crippen LogP contribution in [-0.4, -0.2) is 37.9 Å². The van der Waals surface area contributed by atoms with Crippen LogP contribution >= 0.6 is 11.6 Å². The van der Waals surface area contributed by atoms with E-state index in [1.165, 1.54) is 10.4 Å². The highest BCUT2D eigenvalue weighted by molar-refractivity contribution is 7.89. The van der Waals surface area contributed by atoms with Gasteiger partial charge in [-0.05, 0) is 31.0 Å². The fourth-order valence-electron chi connectivity index (χ4n) is 3.65. The lowest BCUT2D eigenvalue weighted by molar-refractivity contribution is 0.136. The normalized spacial score (nSPS) is 18.9. The number of hydrogen-bond donors (Lipinski definition) is 0. The molecule has 27 heavy (non-hydrogen) atoms. The summed E-state index contributed by atoms with van der Waals surface area (Å²) in [7, 11) is -3.65. The maximum atomic E-state index is 12.9. The van der Waals surface area contributed by atoms with E-state index in [1.807, 2.05) is 24.3 Å². The van der Waals surface area contributed by atoms with Crippen molar-refractivity contribution >= 4 is 33.4 Å². The summed E-state index contributed by atoms with van der Waals surface area (Å²) in [6.07, 6.45) is 0.696. The molecule has 4 rings (SSSR count). The summed E-state index contributed by atoms with van der Waals surface area (Å²) >= 11 is 6.08. The molecule has 142 valence electrons. The van der Waals surface area contributed by atoms with Crippen molar-refractivity contribution in [1.82, 2.24) is 4.31 Å². The van der Waals surface area contributed by atoms with Crippen molar-refractivity contribution < 1.29 is 17.9 Å². The maximum Gasteiger partial charge on any atom is 0.414 e. The van der Waals surface area contributed by atoms with Gasteiger partial charge in [0.05, 0.1) is 10.7 Å². The van der Waals surface area contributed by atoms with Crippen molar-refractivity contribution in [3.63, 3.8) is 0 Å². The van der Waals surface area contributed by atoms with E-state index in [1.54, 1.807) is 23.1 Å². The summed E-state index contributed by atoms with van der Waals surface area (Å²) in [6, 6.07) is 14.0. The molecule has 0 bridgehead atoms. The third-order valence-electron chi connectivity index (χ3n) is 5.04. The van der Waals surface area contributed by atoms with E-state index in [0.29, 0.717) is 25.9 Å². The smallest absolute Gasteiger partial charge is 0.414 e. The average molecular weight is 407 g/mol. The SMILES string of the molecule is O=C1OCc2ccccc2N1C1CCN(S(=O)(=O)c2ccccc2Cl)CC1. The van der Waals surface area contributed by atoms with Crippen LogP contribution in [0.25, 0.3) is 0 Å². The quantitative estimate of drug-likeness (QED) is 0.780. The highest BCUT2D eigenvalue weighted by Gasteiger charge is 2.37. The number of rotatable bonds is 3. The Morgan fingerprint density at radius 1 is 1.00 bits per heavy atom. The number of benzene rings is 2. The average Bonchev–Trinajstić information content (AvgIpc) is 2.68. The van der Waals surface area contributed by atoms with Crippen molar-refractivity contribution in [2.24, 2.45) is 0 Å². The van der Waals surface area contributed by atoms with Gasteiger partial charge >= 0.3 is 6.09 Å². The molecule has 2 aliphatic rings. The van der Waals surface area contributed by atoms with E-state index in [-0.39, 0.29) is 28.7 Å². The number of ether oxygens (including phenoxy) is 1. The van der Waals surface area contributed by atoms with E-state index in [9.17, 15) is 13.2 Å².